The van der Waals surface area contributed by atoms with Crippen LogP contribution in [0.3, 0.4) is 0 Å². The summed E-state index contributed by atoms with van der Waals surface area (Å²) in [4.78, 5) is 148. The summed E-state index contributed by atoms with van der Waals surface area (Å²) in [5, 5.41) is 29.3. The molecule has 1 aromatic rings. The van der Waals surface area contributed by atoms with Crippen LogP contribution in [0.1, 0.15) is 105 Å². The van der Waals surface area contributed by atoms with E-state index in [0.29, 0.717) is 12.0 Å². The van der Waals surface area contributed by atoms with Gasteiger partial charge in [0.15, 0.2) is 5.96 Å². The third-order valence-electron chi connectivity index (χ3n) is 11.3. The Balaban J connectivity index is 3.37. The Kier molecular flexibility index (Phi) is 28.4. The Bertz CT molecular complexity index is 2090. The van der Waals surface area contributed by atoms with E-state index in [9.17, 15) is 57.8 Å². The molecule has 10 amide bonds. The number of guanidine groups is 1. The van der Waals surface area contributed by atoms with E-state index in [1.165, 1.54) is 6.92 Å². The van der Waals surface area contributed by atoms with Gasteiger partial charge in [-0.1, -0.05) is 78.3 Å². The average molecular weight is 1030 g/mol. The van der Waals surface area contributed by atoms with Crippen LogP contribution in [0, 0.1) is 17.8 Å². The molecule has 1 rings (SSSR count). The number of carbonyl (C=O) groups is 11. The van der Waals surface area contributed by atoms with Gasteiger partial charge in [0.1, 0.15) is 42.3 Å². The summed E-state index contributed by atoms with van der Waals surface area (Å²) in [7, 11) is 0. The van der Waals surface area contributed by atoms with Crippen molar-refractivity contribution >= 4 is 71.0 Å². The predicted molar refractivity (Wildman–Crippen MR) is 268 cm³/mol. The summed E-state index contributed by atoms with van der Waals surface area (Å²) >= 11 is 0. The second-order valence-corrected chi connectivity index (χ2v) is 18.7. The second kappa shape index (κ2) is 32.6. The van der Waals surface area contributed by atoms with Crippen LogP contribution in [0.4, 0.5) is 0 Å². The summed E-state index contributed by atoms with van der Waals surface area (Å²) in [5.41, 5.74) is 28.3. The van der Waals surface area contributed by atoms with Crippen LogP contribution in [0.15, 0.2) is 35.3 Å². The zero-order chi connectivity index (χ0) is 55.5. The Morgan fingerprint density at radius 2 is 1.08 bits per heavy atom. The highest BCUT2D eigenvalue weighted by Crippen LogP contribution is 2.11. The molecule has 0 fully saturated rings. The first-order valence-electron chi connectivity index (χ1n) is 24.2. The minimum Gasteiger partial charge on any atom is -0.480 e. The maximum atomic E-state index is 14.1. The molecule has 0 heterocycles. The number of carbonyl (C=O) groups excluding carboxylic acids is 10. The highest BCUT2D eigenvalue weighted by Gasteiger charge is 2.34. The van der Waals surface area contributed by atoms with Gasteiger partial charge in [-0.15, -0.1) is 0 Å². The lowest BCUT2D eigenvalue weighted by molar-refractivity contribution is -0.142. The van der Waals surface area contributed by atoms with E-state index in [0.717, 1.165) is 0 Å². The molecule has 26 nitrogen and oxygen atoms in total. The third-order valence-corrected chi connectivity index (χ3v) is 11.3. The van der Waals surface area contributed by atoms with E-state index in [1.807, 2.05) is 6.92 Å². The molecule has 0 aliphatic carbocycles. The van der Waals surface area contributed by atoms with Crippen LogP contribution in [0.5, 0.6) is 0 Å². The van der Waals surface area contributed by atoms with E-state index in [4.69, 9.17) is 28.7 Å². The van der Waals surface area contributed by atoms with E-state index in [1.54, 1.807) is 65.0 Å². The minimum atomic E-state index is -1.73. The quantitative estimate of drug-likeness (QED) is 0.0181. The summed E-state index contributed by atoms with van der Waals surface area (Å²) in [6, 6.07) is -2.47. The van der Waals surface area contributed by atoms with Crippen molar-refractivity contribution in [3.05, 3.63) is 35.9 Å². The number of aliphatic imine (C=N–C) groups is 1. The monoisotopic (exact) mass is 1030 g/mol. The molecule has 0 saturated heterocycles. The van der Waals surface area contributed by atoms with Crippen molar-refractivity contribution < 1.29 is 57.8 Å². The summed E-state index contributed by atoms with van der Waals surface area (Å²) in [6.45, 7) is 11.4. The van der Waals surface area contributed by atoms with Gasteiger partial charge in [-0.05, 0) is 62.3 Å². The molecule has 0 bridgehead atoms. The summed E-state index contributed by atoms with van der Waals surface area (Å²) in [6.07, 6.45) is -0.721. The number of aliphatic carboxylic acids is 1. The largest absolute Gasteiger partial charge is 0.480 e. The Hall–Kier alpha value is -7.38. The fourth-order valence-corrected chi connectivity index (χ4v) is 7.00. The number of carboxylic acids is 1. The first kappa shape index (κ1) is 63.6. The molecule has 408 valence electrons. The van der Waals surface area contributed by atoms with Gasteiger partial charge in [-0.25, -0.2) is 4.79 Å². The van der Waals surface area contributed by atoms with Crippen LogP contribution in [0.25, 0.3) is 0 Å². The Morgan fingerprint density at radius 3 is 1.63 bits per heavy atom. The number of nitrogens with one attached hydrogen (secondary N) is 8. The fraction of sp³-hybridized carbons (Fsp3) is 0.617. The lowest BCUT2D eigenvalue weighted by Crippen LogP contribution is -2.60. The van der Waals surface area contributed by atoms with Gasteiger partial charge < -0.3 is 76.3 Å². The van der Waals surface area contributed by atoms with Crippen molar-refractivity contribution in [2.24, 2.45) is 51.4 Å². The number of amides is 10. The molecule has 9 unspecified atom stereocenters. The molecule has 26 heteroatoms. The highest BCUT2D eigenvalue weighted by molar-refractivity contribution is 5.99. The third kappa shape index (κ3) is 25.5. The van der Waals surface area contributed by atoms with Gasteiger partial charge >= 0.3 is 5.97 Å². The molecule has 0 spiro atoms. The number of hydrogen-bond donors (Lipinski definition) is 14. The standard InChI is InChI=1S/C47H78N14O12/c1-8-26(6)38(50)45(71)58-29(15-12-18-53-47(51)52)42(68)57-30(16-17-35(48)62)41(67)55-27(7)39(65)59-33(22-36(49)63)44(70)61-32(21-28-13-10-9-11-14-28)43(69)60-31(19-24(2)3)40(66)54-23-37(64)56-34(46(72)73)20-25(4)5/h9-11,13-14,24-27,29-34,38H,8,12,15-23,50H2,1-7H3,(H2,48,62)(H2,49,63)(H,54,66)(H,55,67)(H,56,64)(H,57,68)(H,58,71)(H,59,65)(H,60,69)(H,61,70)(H,72,73)(H4,51,52,53). The number of rotatable bonds is 34. The molecule has 0 saturated carbocycles. The highest BCUT2D eigenvalue weighted by atomic mass is 16.4. The maximum absolute atomic E-state index is 14.1. The van der Waals surface area contributed by atoms with E-state index in [-0.39, 0.29) is 68.8 Å². The van der Waals surface area contributed by atoms with Gasteiger partial charge in [0, 0.05) is 19.4 Å². The zero-order valence-corrected chi connectivity index (χ0v) is 42.8. The first-order chi connectivity index (χ1) is 34.1. The molecule has 9 atom stereocenters. The molecule has 0 aliphatic heterocycles. The van der Waals surface area contributed by atoms with Crippen molar-refractivity contribution in [3.63, 3.8) is 0 Å². The van der Waals surface area contributed by atoms with E-state index < -0.39 is 133 Å². The van der Waals surface area contributed by atoms with Gasteiger partial charge in [0.25, 0.3) is 0 Å². The average Bonchev–Trinajstić information content (AvgIpc) is 3.30. The molecule has 0 aliphatic rings. The lowest BCUT2D eigenvalue weighted by atomic mass is 9.98. The van der Waals surface area contributed by atoms with Gasteiger partial charge in [0.05, 0.1) is 19.0 Å². The normalized spacial score (nSPS) is 14.7. The maximum Gasteiger partial charge on any atom is 0.326 e. The minimum absolute atomic E-state index is 0.00760. The number of nitrogens with two attached hydrogens (primary N) is 5. The number of nitrogens with zero attached hydrogens (tertiary/aromatic N) is 1. The number of benzene rings is 1. The van der Waals surface area contributed by atoms with Crippen molar-refractivity contribution in [1.82, 2.24) is 42.5 Å². The Morgan fingerprint density at radius 1 is 0.575 bits per heavy atom. The molecular weight excluding hydrogens is 953 g/mol. The fourth-order valence-electron chi connectivity index (χ4n) is 7.00. The van der Waals surface area contributed by atoms with Crippen molar-refractivity contribution in [2.75, 3.05) is 13.1 Å². The SMILES string of the molecule is CCC(C)C(N)C(=O)NC(CCCN=C(N)N)C(=O)NC(CCC(N)=O)C(=O)NC(C)C(=O)NC(CC(N)=O)C(=O)NC(Cc1ccccc1)C(=O)NC(CC(C)C)C(=O)NCC(=O)NC(CC(C)C)C(=O)O. The van der Waals surface area contributed by atoms with Crippen LogP contribution in [-0.4, -0.2) is 138 Å². The molecule has 1 aromatic carbocycles. The molecule has 19 N–H and O–H groups in total. The number of carboxylic acid groups (broad SMARTS) is 1. The van der Waals surface area contributed by atoms with Gasteiger partial charge in [0.2, 0.25) is 59.1 Å². The lowest BCUT2D eigenvalue weighted by Gasteiger charge is -2.27. The smallest absolute Gasteiger partial charge is 0.326 e. The molecule has 73 heavy (non-hydrogen) atoms. The van der Waals surface area contributed by atoms with Crippen molar-refractivity contribution in [2.45, 2.75) is 155 Å². The summed E-state index contributed by atoms with van der Waals surface area (Å²) in [5.74, 6) is -10.8. The first-order valence-corrected chi connectivity index (χ1v) is 24.2. The zero-order valence-electron chi connectivity index (χ0n) is 42.8. The van der Waals surface area contributed by atoms with Crippen molar-refractivity contribution in [1.29, 1.82) is 0 Å². The van der Waals surface area contributed by atoms with Gasteiger partial charge in [-0.3, -0.25) is 52.9 Å². The number of primary amides is 2. The summed E-state index contributed by atoms with van der Waals surface area (Å²) < 4.78 is 0. The predicted octanol–water partition coefficient (Wildman–Crippen LogP) is -3.50. The van der Waals surface area contributed by atoms with Crippen LogP contribution < -0.4 is 71.2 Å². The van der Waals surface area contributed by atoms with Crippen molar-refractivity contribution in [3.8, 4) is 0 Å². The van der Waals surface area contributed by atoms with Crippen LogP contribution in [-0.2, 0) is 59.2 Å². The van der Waals surface area contributed by atoms with Crippen LogP contribution >= 0.6 is 0 Å². The van der Waals surface area contributed by atoms with Crippen LogP contribution in [0.2, 0.25) is 0 Å². The van der Waals surface area contributed by atoms with Gasteiger partial charge in [-0.2, -0.15) is 0 Å². The molecule has 0 radical (unpaired) electrons. The second-order valence-electron chi connectivity index (χ2n) is 18.7. The number of hydrogen-bond acceptors (Lipinski definition) is 13. The topological polar surface area (TPSA) is 447 Å². The molecule has 0 aromatic heterocycles. The van der Waals surface area contributed by atoms with E-state index >= 15 is 0 Å². The molecular formula is C47H78N14O12. The Labute approximate surface area is 425 Å². The van der Waals surface area contributed by atoms with E-state index in [2.05, 4.69) is 47.5 Å².